The lowest BCUT2D eigenvalue weighted by atomic mass is 10.6. The Balaban J connectivity index is 3.68. The van der Waals surface area contributed by atoms with Gasteiger partial charge in [-0.2, -0.15) is 0 Å². The molecule has 0 atom stereocenters. The van der Waals surface area contributed by atoms with Crippen molar-refractivity contribution < 1.29 is 14.6 Å². The van der Waals surface area contributed by atoms with Gasteiger partial charge in [-0.25, -0.2) is 0 Å². The first-order chi connectivity index (χ1) is 4.12. The number of hydrogen-bond donors (Lipinski definition) is 1. The molecule has 0 rings (SSSR count). The highest BCUT2D eigenvalue weighted by molar-refractivity contribution is 4.58. The zero-order valence-corrected chi connectivity index (χ0v) is 5.33. The van der Waals surface area contributed by atoms with Crippen molar-refractivity contribution >= 4 is 0 Å². The van der Waals surface area contributed by atoms with Crippen LogP contribution in [0.5, 0.6) is 0 Å². The van der Waals surface area contributed by atoms with Crippen molar-refractivity contribution in [2.75, 3.05) is 0 Å². The van der Waals surface area contributed by atoms with Gasteiger partial charge in [0.15, 0.2) is 0 Å². The normalized spacial score (nSPS) is 10.0. The fourth-order valence-corrected chi connectivity index (χ4v) is 0.337. The summed E-state index contributed by atoms with van der Waals surface area (Å²) in [7, 11) is 0. The lowest BCUT2D eigenvalue weighted by Gasteiger charge is -2.19. The van der Waals surface area contributed by atoms with Gasteiger partial charge in [-0.3, -0.25) is 0 Å². The van der Waals surface area contributed by atoms with E-state index < -0.39 is 5.97 Å². The van der Waals surface area contributed by atoms with E-state index in [1.54, 1.807) is 0 Å². The zero-order valence-electron chi connectivity index (χ0n) is 5.33. The second-order valence-electron chi connectivity index (χ2n) is 1.47. The molecule has 0 aliphatic carbocycles. The molecule has 0 fully saturated rings. The van der Waals surface area contributed by atoms with Crippen molar-refractivity contribution in [3.63, 3.8) is 0 Å². The highest BCUT2D eigenvalue weighted by atomic mass is 16.8. The summed E-state index contributed by atoms with van der Waals surface area (Å²) in [5.41, 5.74) is 0. The monoisotopic (exact) mass is 130 g/mol. The molecule has 9 heavy (non-hydrogen) atoms. The predicted octanol–water partition coefficient (Wildman–Crippen LogP) is 0.973. The Morgan fingerprint density at radius 2 is 1.67 bits per heavy atom. The van der Waals surface area contributed by atoms with Gasteiger partial charge in [0.2, 0.25) is 0 Å². The van der Waals surface area contributed by atoms with Crippen molar-refractivity contribution in [2.24, 2.45) is 0 Å². The lowest BCUT2D eigenvalue weighted by Crippen LogP contribution is -2.27. The molecule has 0 heterocycles. The van der Waals surface area contributed by atoms with Crippen LogP contribution in [0.25, 0.3) is 0 Å². The summed E-state index contributed by atoms with van der Waals surface area (Å²) < 4.78 is 8.99. The smallest absolute Gasteiger partial charge is 0.364 e. The second-order valence-corrected chi connectivity index (χ2v) is 1.47. The summed E-state index contributed by atoms with van der Waals surface area (Å²) in [6.07, 6.45) is 2.17. The van der Waals surface area contributed by atoms with E-state index in [0.29, 0.717) is 0 Å². The zero-order chi connectivity index (χ0) is 7.33. The van der Waals surface area contributed by atoms with Crippen LogP contribution in [0.1, 0.15) is 6.92 Å². The molecule has 0 amide bonds. The summed E-state index contributed by atoms with van der Waals surface area (Å²) in [5.74, 6) is -1.64. The lowest BCUT2D eigenvalue weighted by molar-refractivity contribution is -0.302. The Morgan fingerprint density at radius 3 is 1.89 bits per heavy atom. The SMILES string of the molecule is C=COC(C)(O)OC=C. The van der Waals surface area contributed by atoms with Gasteiger partial charge in [0.05, 0.1) is 12.5 Å². The van der Waals surface area contributed by atoms with Crippen LogP contribution in [0.2, 0.25) is 0 Å². The molecule has 3 heteroatoms. The van der Waals surface area contributed by atoms with Crippen LogP contribution in [0, 0.1) is 0 Å². The van der Waals surface area contributed by atoms with Gasteiger partial charge in [0, 0.05) is 6.92 Å². The Bertz CT molecular complexity index is 94.9. The molecular formula is C6H10O3. The van der Waals surface area contributed by atoms with E-state index in [-0.39, 0.29) is 0 Å². The van der Waals surface area contributed by atoms with Crippen LogP contribution in [0.3, 0.4) is 0 Å². The first-order valence-electron chi connectivity index (χ1n) is 2.42. The van der Waals surface area contributed by atoms with Crippen molar-refractivity contribution in [2.45, 2.75) is 12.9 Å². The number of rotatable bonds is 4. The maximum absolute atomic E-state index is 8.93. The van der Waals surface area contributed by atoms with Gasteiger partial charge < -0.3 is 14.6 Å². The summed E-state index contributed by atoms with van der Waals surface area (Å²) >= 11 is 0. The molecule has 3 nitrogen and oxygen atoms in total. The van der Waals surface area contributed by atoms with Gasteiger partial charge in [-0.05, 0) is 0 Å². The standard InChI is InChI=1S/C6H10O3/c1-4-8-6(3,7)9-5-2/h4-5,7H,1-2H2,3H3. The Morgan fingerprint density at radius 1 is 1.33 bits per heavy atom. The topological polar surface area (TPSA) is 38.7 Å². The Hall–Kier alpha value is -0.960. The van der Waals surface area contributed by atoms with Crippen LogP contribution in [-0.2, 0) is 9.47 Å². The first-order valence-corrected chi connectivity index (χ1v) is 2.42. The molecule has 0 radical (unpaired) electrons. The average molecular weight is 130 g/mol. The third kappa shape index (κ3) is 3.61. The maximum Gasteiger partial charge on any atom is 0.364 e. The van der Waals surface area contributed by atoms with Crippen LogP contribution in [0.4, 0.5) is 0 Å². The van der Waals surface area contributed by atoms with E-state index in [0.717, 1.165) is 12.5 Å². The highest BCUT2D eigenvalue weighted by Gasteiger charge is 2.19. The minimum absolute atomic E-state index is 1.09. The van der Waals surface area contributed by atoms with E-state index in [4.69, 9.17) is 5.11 Å². The maximum atomic E-state index is 8.93. The molecule has 0 unspecified atom stereocenters. The molecule has 0 saturated heterocycles. The first kappa shape index (κ1) is 8.04. The number of ether oxygens (including phenoxy) is 2. The third-order valence-corrected chi connectivity index (χ3v) is 0.604. The van der Waals surface area contributed by atoms with E-state index in [1.165, 1.54) is 6.92 Å². The van der Waals surface area contributed by atoms with Crippen LogP contribution < -0.4 is 0 Å². The summed E-state index contributed by atoms with van der Waals surface area (Å²) in [6, 6.07) is 0. The second kappa shape index (κ2) is 3.14. The quantitative estimate of drug-likeness (QED) is 0.455. The molecule has 0 aromatic heterocycles. The van der Waals surface area contributed by atoms with Crippen molar-refractivity contribution in [3.05, 3.63) is 25.7 Å². The largest absolute Gasteiger partial charge is 0.439 e. The fourth-order valence-electron chi connectivity index (χ4n) is 0.337. The van der Waals surface area contributed by atoms with Gasteiger partial charge >= 0.3 is 5.97 Å². The number of hydrogen-bond acceptors (Lipinski definition) is 3. The van der Waals surface area contributed by atoms with E-state index in [9.17, 15) is 0 Å². The highest BCUT2D eigenvalue weighted by Crippen LogP contribution is 2.06. The average Bonchev–Trinajstić information content (AvgIpc) is 1.64. The molecule has 0 bridgehead atoms. The minimum Gasteiger partial charge on any atom is -0.439 e. The number of aliphatic hydroxyl groups is 1. The molecule has 0 aromatic rings. The van der Waals surface area contributed by atoms with Crippen LogP contribution >= 0.6 is 0 Å². The van der Waals surface area contributed by atoms with Crippen molar-refractivity contribution in [3.8, 4) is 0 Å². The third-order valence-electron chi connectivity index (χ3n) is 0.604. The van der Waals surface area contributed by atoms with E-state index >= 15 is 0 Å². The van der Waals surface area contributed by atoms with Gasteiger partial charge in [0.1, 0.15) is 0 Å². The predicted molar refractivity (Wildman–Crippen MR) is 33.2 cm³/mol. The molecule has 0 saturated carbocycles. The summed E-state index contributed by atoms with van der Waals surface area (Å²) in [6.45, 7) is 7.79. The molecule has 0 aliphatic heterocycles. The molecule has 0 spiro atoms. The van der Waals surface area contributed by atoms with Gasteiger partial charge in [-0.1, -0.05) is 13.2 Å². The molecule has 0 aromatic carbocycles. The summed E-state index contributed by atoms with van der Waals surface area (Å²) in [4.78, 5) is 0. The van der Waals surface area contributed by atoms with Gasteiger partial charge in [-0.15, -0.1) is 0 Å². The summed E-state index contributed by atoms with van der Waals surface area (Å²) in [5, 5.41) is 8.93. The Kier molecular flexibility index (Phi) is 2.81. The minimum atomic E-state index is -1.64. The van der Waals surface area contributed by atoms with E-state index in [2.05, 4.69) is 22.6 Å². The van der Waals surface area contributed by atoms with Gasteiger partial charge in [0.25, 0.3) is 0 Å². The molecular weight excluding hydrogens is 120 g/mol. The van der Waals surface area contributed by atoms with Crippen molar-refractivity contribution in [1.29, 1.82) is 0 Å². The van der Waals surface area contributed by atoms with Crippen LogP contribution in [0.15, 0.2) is 25.7 Å². The molecule has 0 aliphatic rings. The van der Waals surface area contributed by atoms with Crippen LogP contribution in [-0.4, -0.2) is 11.1 Å². The Labute approximate surface area is 54.2 Å². The van der Waals surface area contributed by atoms with Crippen molar-refractivity contribution in [1.82, 2.24) is 0 Å². The molecule has 1 N–H and O–H groups in total. The van der Waals surface area contributed by atoms with E-state index in [1.807, 2.05) is 0 Å². The molecule has 52 valence electrons. The fraction of sp³-hybridized carbons (Fsp3) is 0.333.